The van der Waals surface area contributed by atoms with Gasteiger partial charge in [0.05, 0.1) is 0 Å². The van der Waals surface area contributed by atoms with E-state index in [4.69, 9.17) is 0 Å². The van der Waals surface area contributed by atoms with Gasteiger partial charge in [0.2, 0.25) is 0 Å². The topological polar surface area (TPSA) is 14.1 Å². The molecule has 1 rings (SSSR count). The van der Waals surface area contributed by atoms with Crippen molar-refractivity contribution < 1.29 is 35.1 Å². The van der Waals surface area contributed by atoms with Crippen molar-refractivity contribution in [1.82, 2.24) is 5.32 Å². The maximum atomic E-state index is 11.9. The molecule has 1 heterocycles. The fourth-order valence-electron chi connectivity index (χ4n) is 0.695. The summed E-state index contributed by atoms with van der Waals surface area (Å²) < 4.78 is 95.0. The van der Waals surface area contributed by atoms with E-state index in [-0.39, 0.29) is 0 Å². The highest BCUT2D eigenvalue weighted by atomic mass is 19.4. The van der Waals surface area contributed by atoms with Gasteiger partial charge in [-0.25, -0.2) is 0 Å². The summed E-state index contributed by atoms with van der Waals surface area (Å²) in [5.41, 5.74) is 0. The zero-order valence-electron chi connectivity index (χ0n) is 5.47. The number of halogens is 8. The molecule has 1 radical (unpaired) electrons. The smallest absolute Gasteiger partial charge is 0.191 e. The van der Waals surface area contributed by atoms with Gasteiger partial charge in [0.1, 0.15) is 0 Å². The Hall–Kier alpha value is -0.600. The zero-order valence-corrected chi connectivity index (χ0v) is 5.47. The second-order valence-electron chi connectivity index (χ2n) is 2.34. The van der Waals surface area contributed by atoms with Crippen LogP contribution in [0.15, 0.2) is 0 Å². The zero-order chi connectivity index (χ0) is 10.7. The monoisotopic (exact) mass is 214 g/mol. The van der Waals surface area contributed by atoms with Crippen LogP contribution in [-0.2, 0) is 0 Å². The molecule has 1 nitrogen and oxygen atoms in total. The van der Waals surface area contributed by atoms with Crippen LogP contribution in [0, 0.1) is 0 Å². The van der Waals surface area contributed by atoms with E-state index >= 15 is 0 Å². The molecule has 0 atom stereocenters. The van der Waals surface area contributed by atoms with Crippen LogP contribution >= 0.6 is 0 Å². The number of hydrogen-bond donors (Lipinski definition) is 0. The van der Waals surface area contributed by atoms with Gasteiger partial charge in [-0.2, -0.15) is 35.1 Å². The first kappa shape index (κ1) is 10.5. The van der Waals surface area contributed by atoms with E-state index in [9.17, 15) is 35.1 Å². The van der Waals surface area contributed by atoms with E-state index in [2.05, 4.69) is 0 Å². The Kier molecular flexibility index (Phi) is 1.67. The van der Waals surface area contributed by atoms with Crippen molar-refractivity contribution in [1.29, 1.82) is 0 Å². The van der Waals surface area contributed by atoms with Crippen molar-refractivity contribution in [2.24, 2.45) is 0 Å². The van der Waals surface area contributed by atoms with Crippen molar-refractivity contribution in [3.05, 3.63) is 0 Å². The first-order valence-corrected chi connectivity index (χ1v) is 2.71. The lowest BCUT2D eigenvalue weighted by Crippen LogP contribution is -2.51. The van der Waals surface area contributed by atoms with Crippen LogP contribution in [0.4, 0.5) is 35.1 Å². The van der Waals surface area contributed by atoms with E-state index in [1.807, 2.05) is 0 Å². The summed E-state index contributed by atoms with van der Waals surface area (Å²) in [6.07, 6.45) is 0. The summed E-state index contributed by atoms with van der Waals surface area (Å²) >= 11 is 0. The SMILES string of the molecule is FC1(F)[N]C(F)(F)C(F)(F)C1(F)F. The molecule has 1 saturated heterocycles. The van der Waals surface area contributed by atoms with Crippen molar-refractivity contribution in [3.63, 3.8) is 0 Å². The van der Waals surface area contributed by atoms with Gasteiger partial charge in [-0.05, 0) is 0 Å². The maximum Gasteiger partial charge on any atom is 0.395 e. The van der Waals surface area contributed by atoms with Gasteiger partial charge in [0.15, 0.2) is 0 Å². The van der Waals surface area contributed by atoms with E-state index in [1.165, 1.54) is 0 Å². The van der Waals surface area contributed by atoms with Crippen molar-refractivity contribution in [2.45, 2.75) is 23.9 Å². The second-order valence-corrected chi connectivity index (χ2v) is 2.34. The molecule has 0 amide bonds. The van der Waals surface area contributed by atoms with Crippen LogP contribution in [0.5, 0.6) is 0 Å². The van der Waals surface area contributed by atoms with Crippen molar-refractivity contribution in [3.8, 4) is 0 Å². The minimum absolute atomic E-state index is 0.792. The predicted molar refractivity (Wildman–Crippen MR) is 21.9 cm³/mol. The number of rotatable bonds is 0. The lowest BCUT2D eigenvalue weighted by Gasteiger charge is -2.21. The molecule has 77 valence electrons. The first-order chi connectivity index (χ1) is 5.46. The van der Waals surface area contributed by atoms with Crippen LogP contribution in [0.2, 0.25) is 0 Å². The fourth-order valence-corrected chi connectivity index (χ4v) is 0.695. The highest BCUT2D eigenvalue weighted by Gasteiger charge is 2.90. The third-order valence-corrected chi connectivity index (χ3v) is 1.43. The summed E-state index contributed by atoms with van der Waals surface area (Å²) in [5, 5.41) is 0.792. The average molecular weight is 214 g/mol. The largest absolute Gasteiger partial charge is 0.395 e. The van der Waals surface area contributed by atoms with Crippen LogP contribution in [0.25, 0.3) is 0 Å². The third kappa shape index (κ3) is 0.960. The van der Waals surface area contributed by atoms with Crippen molar-refractivity contribution in [2.75, 3.05) is 0 Å². The van der Waals surface area contributed by atoms with Crippen LogP contribution < -0.4 is 5.32 Å². The predicted octanol–water partition coefficient (Wildman–Crippen LogP) is 2.06. The Bertz CT molecular complexity index is 208. The Labute approximate surface area is 65.7 Å². The van der Waals surface area contributed by atoms with Gasteiger partial charge >= 0.3 is 23.9 Å². The van der Waals surface area contributed by atoms with E-state index in [0.29, 0.717) is 0 Å². The number of alkyl halides is 8. The molecule has 0 aromatic carbocycles. The van der Waals surface area contributed by atoms with Gasteiger partial charge in [-0.15, -0.1) is 0 Å². The average Bonchev–Trinajstić information content (AvgIpc) is 1.88. The lowest BCUT2D eigenvalue weighted by atomic mass is 10.2. The van der Waals surface area contributed by atoms with Gasteiger partial charge < -0.3 is 0 Å². The molecule has 0 N–H and O–H groups in total. The normalized spacial score (nSPS) is 33.2. The standard InChI is InChI=1S/C4F8N/c5-1(6)2(7,8)4(11,12)13-3(1,9)10. The summed E-state index contributed by atoms with van der Waals surface area (Å²) in [4.78, 5) is 0. The molecule has 0 aliphatic carbocycles. The molecule has 1 aliphatic heterocycles. The van der Waals surface area contributed by atoms with E-state index < -0.39 is 23.9 Å². The Balaban J connectivity index is 3.24. The highest BCUT2D eigenvalue weighted by Crippen LogP contribution is 2.58. The van der Waals surface area contributed by atoms with Gasteiger partial charge in [-0.1, -0.05) is 5.32 Å². The molecule has 1 fully saturated rings. The van der Waals surface area contributed by atoms with Crippen LogP contribution in [-0.4, -0.2) is 23.9 Å². The molecule has 13 heavy (non-hydrogen) atoms. The summed E-state index contributed by atoms with van der Waals surface area (Å²) in [5.74, 6) is -12.3. The second kappa shape index (κ2) is 2.07. The minimum Gasteiger partial charge on any atom is -0.191 e. The van der Waals surface area contributed by atoms with E-state index in [0.717, 1.165) is 5.32 Å². The minimum atomic E-state index is -6.16. The van der Waals surface area contributed by atoms with Gasteiger partial charge in [0.25, 0.3) is 0 Å². The molecule has 1 aliphatic rings. The Morgan fingerprint density at radius 3 is 0.846 bits per heavy atom. The molecule has 0 bridgehead atoms. The molecule has 0 unspecified atom stereocenters. The van der Waals surface area contributed by atoms with E-state index in [1.54, 1.807) is 0 Å². The number of nitrogens with zero attached hydrogens (tertiary/aromatic N) is 1. The van der Waals surface area contributed by atoms with Gasteiger partial charge in [-0.3, -0.25) is 0 Å². The van der Waals surface area contributed by atoms with Crippen molar-refractivity contribution >= 4 is 0 Å². The maximum absolute atomic E-state index is 11.9. The highest BCUT2D eigenvalue weighted by molar-refractivity contribution is 5.09. The summed E-state index contributed by atoms with van der Waals surface area (Å²) in [6, 6.07) is -11.5. The summed E-state index contributed by atoms with van der Waals surface area (Å²) in [6.45, 7) is 0. The van der Waals surface area contributed by atoms with Crippen LogP contribution in [0.1, 0.15) is 0 Å². The fraction of sp³-hybridized carbons (Fsp3) is 1.00. The Morgan fingerprint density at radius 1 is 0.538 bits per heavy atom. The quantitative estimate of drug-likeness (QED) is 0.432. The third-order valence-electron chi connectivity index (χ3n) is 1.43. The molecule has 0 aromatic heterocycles. The summed E-state index contributed by atoms with van der Waals surface area (Å²) in [7, 11) is 0. The molecule has 9 heteroatoms. The number of hydrogen-bond acceptors (Lipinski definition) is 0. The first-order valence-electron chi connectivity index (χ1n) is 2.71. The molecular formula is C4F8N. The van der Waals surface area contributed by atoms with Gasteiger partial charge in [0, 0.05) is 0 Å². The Morgan fingerprint density at radius 2 is 0.769 bits per heavy atom. The molecule has 0 aromatic rings. The van der Waals surface area contributed by atoms with Crippen LogP contribution in [0.3, 0.4) is 0 Å². The lowest BCUT2D eigenvalue weighted by molar-refractivity contribution is -0.303. The molecule has 0 saturated carbocycles. The molecule has 0 spiro atoms. The molecular weight excluding hydrogens is 214 g/mol.